The Kier molecular flexibility index (Phi) is 3.38. The maximum Gasteiger partial charge on any atom is 0.150 e. The summed E-state index contributed by atoms with van der Waals surface area (Å²) >= 11 is 0. The second-order valence-corrected chi connectivity index (χ2v) is 4.22. The summed E-state index contributed by atoms with van der Waals surface area (Å²) in [5.74, 6) is 0. The van der Waals surface area contributed by atoms with Crippen LogP contribution in [0.15, 0.2) is 24.3 Å². The van der Waals surface area contributed by atoms with Crippen molar-refractivity contribution in [3.63, 3.8) is 0 Å². The third-order valence-corrected chi connectivity index (χ3v) is 3.00. The van der Waals surface area contributed by atoms with Gasteiger partial charge >= 0.3 is 0 Å². The molecule has 1 saturated carbocycles. The summed E-state index contributed by atoms with van der Waals surface area (Å²) in [5.41, 5.74) is 1.82. The van der Waals surface area contributed by atoms with Crippen LogP contribution in [0.25, 0.3) is 0 Å². The van der Waals surface area contributed by atoms with Crippen LogP contribution in [0.3, 0.4) is 0 Å². The Morgan fingerprint density at radius 3 is 2.73 bits per heavy atom. The Morgan fingerprint density at radius 2 is 2.00 bits per heavy atom. The van der Waals surface area contributed by atoms with Crippen molar-refractivity contribution in [3.8, 4) is 0 Å². The van der Waals surface area contributed by atoms with Crippen LogP contribution in [0, 0.1) is 0 Å². The van der Waals surface area contributed by atoms with Crippen molar-refractivity contribution < 1.29 is 4.79 Å². The highest BCUT2D eigenvalue weighted by atomic mass is 16.1. The van der Waals surface area contributed by atoms with E-state index < -0.39 is 0 Å². The quantitative estimate of drug-likeness (QED) is 0.764. The summed E-state index contributed by atoms with van der Waals surface area (Å²) in [4.78, 5) is 10.6. The van der Waals surface area contributed by atoms with Crippen molar-refractivity contribution in [2.45, 2.75) is 38.1 Å². The summed E-state index contributed by atoms with van der Waals surface area (Å²) in [6.45, 7) is 0. The second kappa shape index (κ2) is 4.96. The Bertz CT molecular complexity index is 329. The number of hydrogen-bond acceptors (Lipinski definition) is 2. The molecule has 2 nitrogen and oxygen atoms in total. The zero-order valence-corrected chi connectivity index (χ0v) is 8.91. The van der Waals surface area contributed by atoms with Gasteiger partial charge in [0.1, 0.15) is 6.29 Å². The Hall–Kier alpha value is -1.31. The maximum absolute atomic E-state index is 10.6. The molecule has 1 aromatic carbocycles. The smallest absolute Gasteiger partial charge is 0.150 e. The number of carbonyl (C=O) groups is 1. The normalized spacial score (nSPS) is 17.3. The number of nitrogens with one attached hydrogen (secondary N) is 1. The van der Waals surface area contributed by atoms with E-state index in [-0.39, 0.29) is 0 Å². The molecule has 2 rings (SSSR count). The van der Waals surface area contributed by atoms with E-state index in [2.05, 4.69) is 5.32 Å². The molecular weight excluding hydrogens is 186 g/mol. The maximum atomic E-state index is 10.6. The fraction of sp³-hybridized carbons (Fsp3) is 0.462. The number of hydrogen-bond donors (Lipinski definition) is 1. The molecule has 1 N–H and O–H groups in total. The summed E-state index contributed by atoms with van der Waals surface area (Å²) in [7, 11) is 0. The first kappa shape index (κ1) is 10.2. The molecular formula is C13H17NO. The SMILES string of the molecule is O=Cc1cccc(NC2CCCCC2)c1. The predicted molar refractivity (Wildman–Crippen MR) is 62.3 cm³/mol. The number of aldehydes is 1. The van der Waals surface area contributed by atoms with Crippen LogP contribution < -0.4 is 5.32 Å². The van der Waals surface area contributed by atoms with Gasteiger partial charge < -0.3 is 5.32 Å². The van der Waals surface area contributed by atoms with E-state index in [4.69, 9.17) is 0 Å². The van der Waals surface area contributed by atoms with Crippen molar-refractivity contribution in [3.05, 3.63) is 29.8 Å². The molecule has 1 fully saturated rings. The molecule has 0 aliphatic heterocycles. The van der Waals surface area contributed by atoms with E-state index in [0.717, 1.165) is 17.5 Å². The lowest BCUT2D eigenvalue weighted by Crippen LogP contribution is -2.22. The molecule has 0 spiro atoms. The van der Waals surface area contributed by atoms with Gasteiger partial charge in [0.25, 0.3) is 0 Å². The number of anilines is 1. The molecule has 0 aromatic heterocycles. The monoisotopic (exact) mass is 203 g/mol. The number of carbonyl (C=O) groups excluding carboxylic acids is 1. The lowest BCUT2D eigenvalue weighted by atomic mass is 9.95. The standard InChI is InChI=1S/C13H17NO/c15-10-11-5-4-8-13(9-11)14-12-6-2-1-3-7-12/h4-5,8-10,12,14H,1-3,6-7H2. The van der Waals surface area contributed by atoms with Crippen LogP contribution in [-0.4, -0.2) is 12.3 Å². The molecule has 1 aliphatic carbocycles. The molecule has 80 valence electrons. The minimum Gasteiger partial charge on any atom is -0.382 e. The average molecular weight is 203 g/mol. The molecule has 1 aromatic rings. The molecule has 0 atom stereocenters. The minimum atomic E-state index is 0.598. The fourth-order valence-corrected chi connectivity index (χ4v) is 2.18. The van der Waals surface area contributed by atoms with Crippen molar-refractivity contribution in [1.82, 2.24) is 0 Å². The zero-order valence-electron chi connectivity index (χ0n) is 8.91. The van der Waals surface area contributed by atoms with Gasteiger partial charge in [-0.15, -0.1) is 0 Å². The first-order chi connectivity index (χ1) is 7.38. The van der Waals surface area contributed by atoms with Gasteiger partial charge in [-0.1, -0.05) is 31.4 Å². The van der Waals surface area contributed by atoms with Gasteiger partial charge in [0.05, 0.1) is 0 Å². The second-order valence-electron chi connectivity index (χ2n) is 4.22. The van der Waals surface area contributed by atoms with E-state index in [9.17, 15) is 4.79 Å². The lowest BCUT2D eigenvalue weighted by molar-refractivity contribution is 0.112. The first-order valence-electron chi connectivity index (χ1n) is 5.70. The van der Waals surface area contributed by atoms with Gasteiger partial charge in [0.15, 0.2) is 0 Å². The van der Waals surface area contributed by atoms with E-state index >= 15 is 0 Å². The van der Waals surface area contributed by atoms with Crippen LogP contribution in [-0.2, 0) is 0 Å². The van der Waals surface area contributed by atoms with Crippen molar-refractivity contribution in [2.24, 2.45) is 0 Å². The minimum absolute atomic E-state index is 0.598. The molecule has 0 saturated heterocycles. The van der Waals surface area contributed by atoms with Gasteiger partial charge in [-0.05, 0) is 25.0 Å². The van der Waals surface area contributed by atoms with E-state index in [1.54, 1.807) is 0 Å². The molecule has 0 heterocycles. The van der Waals surface area contributed by atoms with Gasteiger partial charge in [-0.25, -0.2) is 0 Å². The Morgan fingerprint density at radius 1 is 1.20 bits per heavy atom. The first-order valence-corrected chi connectivity index (χ1v) is 5.70. The summed E-state index contributed by atoms with van der Waals surface area (Å²) < 4.78 is 0. The van der Waals surface area contributed by atoms with E-state index in [1.165, 1.54) is 32.1 Å². The fourth-order valence-electron chi connectivity index (χ4n) is 2.18. The number of rotatable bonds is 3. The Balaban J connectivity index is 1.99. The highest BCUT2D eigenvalue weighted by molar-refractivity contribution is 5.76. The lowest BCUT2D eigenvalue weighted by Gasteiger charge is -2.23. The van der Waals surface area contributed by atoms with Crippen LogP contribution in [0.2, 0.25) is 0 Å². The highest BCUT2D eigenvalue weighted by Crippen LogP contribution is 2.21. The third-order valence-electron chi connectivity index (χ3n) is 3.00. The molecule has 15 heavy (non-hydrogen) atoms. The van der Waals surface area contributed by atoms with Gasteiger partial charge in [0, 0.05) is 17.3 Å². The van der Waals surface area contributed by atoms with E-state index in [0.29, 0.717) is 6.04 Å². The molecule has 0 radical (unpaired) electrons. The van der Waals surface area contributed by atoms with Gasteiger partial charge in [-0.2, -0.15) is 0 Å². The molecule has 2 heteroatoms. The highest BCUT2D eigenvalue weighted by Gasteiger charge is 2.12. The van der Waals surface area contributed by atoms with Crippen molar-refractivity contribution in [1.29, 1.82) is 0 Å². The average Bonchev–Trinajstić information content (AvgIpc) is 2.31. The van der Waals surface area contributed by atoms with Crippen LogP contribution >= 0.6 is 0 Å². The molecule has 0 bridgehead atoms. The third kappa shape index (κ3) is 2.82. The zero-order chi connectivity index (χ0) is 10.5. The van der Waals surface area contributed by atoms with E-state index in [1.807, 2.05) is 24.3 Å². The Labute approximate surface area is 90.7 Å². The predicted octanol–water partition coefficient (Wildman–Crippen LogP) is 3.24. The summed E-state index contributed by atoms with van der Waals surface area (Å²) in [6, 6.07) is 8.30. The van der Waals surface area contributed by atoms with Crippen LogP contribution in [0.1, 0.15) is 42.5 Å². The van der Waals surface area contributed by atoms with Crippen LogP contribution in [0.4, 0.5) is 5.69 Å². The van der Waals surface area contributed by atoms with Gasteiger partial charge in [0.2, 0.25) is 0 Å². The largest absolute Gasteiger partial charge is 0.382 e. The van der Waals surface area contributed by atoms with Crippen molar-refractivity contribution in [2.75, 3.05) is 5.32 Å². The topological polar surface area (TPSA) is 29.1 Å². The van der Waals surface area contributed by atoms with Crippen molar-refractivity contribution >= 4 is 12.0 Å². The molecule has 0 unspecified atom stereocenters. The summed E-state index contributed by atoms with van der Waals surface area (Å²) in [5, 5.41) is 3.50. The van der Waals surface area contributed by atoms with Gasteiger partial charge in [-0.3, -0.25) is 4.79 Å². The van der Waals surface area contributed by atoms with Crippen LogP contribution in [0.5, 0.6) is 0 Å². The molecule has 1 aliphatic rings. The number of benzene rings is 1. The summed E-state index contributed by atoms with van der Waals surface area (Å²) in [6.07, 6.45) is 7.42. The molecule has 0 amide bonds.